The molecule has 4 rings (SSSR count). The van der Waals surface area contributed by atoms with E-state index in [2.05, 4.69) is 20.1 Å². The third-order valence-corrected chi connectivity index (χ3v) is 4.03. The molecule has 2 aromatic heterocycles. The van der Waals surface area contributed by atoms with E-state index in [0.29, 0.717) is 24.9 Å². The van der Waals surface area contributed by atoms with Crippen LogP contribution in [0.1, 0.15) is 5.82 Å². The van der Waals surface area contributed by atoms with Gasteiger partial charge in [-0.1, -0.05) is 23.4 Å². The Morgan fingerprint density at radius 1 is 1.17 bits per heavy atom. The Kier molecular flexibility index (Phi) is 4.35. The lowest BCUT2D eigenvalue weighted by Gasteiger charge is -2.31. The lowest BCUT2D eigenvalue weighted by atomic mass is 10.2. The van der Waals surface area contributed by atoms with Crippen molar-refractivity contribution in [3.05, 3.63) is 54.6 Å². The first-order valence-electron chi connectivity index (χ1n) is 8.06. The summed E-state index contributed by atoms with van der Waals surface area (Å²) >= 11 is 0. The maximum absolute atomic E-state index is 5.83. The zero-order chi connectivity index (χ0) is 16.2. The molecular formula is C17H19N5O2. The molecule has 124 valence electrons. The fourth-order valence-corrected chi connectivity index (χ4v) is 2.87. The lowest BCUT2D eigenvalue weighted by molar-refractivity contribution is -0.0410. The van der Waals surface area contributed by atoms with Crippen molar-refractivity contribution in [1.29, 1.82) is 0 Å². The minimum absolute atomic E-state index is 0.124. The highest BCUT2D eigenvalue weighted by Crippen LogP contribution is 2.17. The molecular weight excluding hydrogens is 306 g/mol. The third-order valence-electron chi connectivity index (χ3n) is 4.03. The molecule has 7 heteroatoms. The number of rotatable bonds is 5. The van der Waals surface area contributed by atoms with Gasteiger partial charge in [-0.15, -0.1) is 0 Å². The molecule has 0 radical (unpaired) electrons. The molecule has 1 fully saturated rings. The first-order chi connectivity index (χ1) is 11.9. The van der Waals surface area contributed by atoms with Crippen LogP contribution in [0.3, 0.4) is 0 Å². The van der Waals surface area contributed by atoms with Crippen molar-refractivity contribution in [2.75, 3.05) is 19.7 Å². The first kappa shape index (κ1) is 15.0. The van der Waals surface area contributed by atoms with Crippen LogP contribution in [0, 0.1) is 0 Å². The number of benzene rings is 1. The van der Waals surface area contributed by atoms with Crippen molar-refractivity contribution in [2.45, 2.75) is 19.2 Å². The molecule has 1 atom stereocenters. The van der Waals surface area contributed by atoms with E-state index in [1.54, 1.807) is 6.20 Å². The Balaban J connectivity index is 1.37. The maximum atomic E-state index is 5.83. The van der Waals surface area contributed by atoms with Crippen LogP contribution in [-0.4, -0.2) is 50.6 Å². The number of hydrogen-bond donors (Lipinski definition) is 0. The summed E-state index contributed by atoms with van der Waals surface area (Å²) < 4.78 is 13.1. The highest BCUT2D eigenvalue weighted by Gasteiger charge is 2.22. The minimum Gasteiger partial charge on any atom is -0.374 e. The molecule has 1 saturated heterocycles. The zero-order valence-electron chi connectivity index (χ0n) is 13.3. The van der Waals surface area contributed by atoms with Gasteiger partial charge in [-0.3, -0.25) is 9.58 Å². The van der Waals surface area contributed by atoms with Gasteiger partial charge >= 0.3 is 0 Å². The molecule has 7 nitrogen and oxygen atoms in total. The molecule has 0 aliphatic carbocycles. The van der Waals surface area contributed by atoms with Gasteiger partial charge in [-0.2, -0.15) is 10.1 Å². The van der Waals surface area contributed by atoms with Crippen molar-refractivity contribution >= 4 is 0 Å². The van der Waals surface area contributed by atoms with Crippen molar-refractivity contribution in [2.24, 2.45) is 0 Å². The van der Waals surface area contributed by atoms with Crippen molar-refractivity contribution < 1.29 is 9.26 Å². The smallest absolute Gasteiger partial charge is 0.257 e. The summed E-state index contributed by atoms with van der Waals surface area (Å²) in [6.07, 6.45) is 3.86. The van der Waals surface area contributed by atoms with E-state index in [4.69, 9.17) is 9.26 Å². The molecule has 0 amide bonds. The van der Waals surface area contributed by atoms with E-state index >= 15 is 0 Å². The van der Waals surface area contributed by atoms with Crippen molar-refractivity contribution in [3.63, 3.8) is 0 Å². The SMILES string of the molecule is c1ccc(-c2nc(CN3CCO[C@H](Cn4cccn4)C3)no2)cc1. The molecule has 0 unspecified atom stereocenters. The van der Waals surface area contributed by atoms with E-state index in [9.17, 15) is 0 Å². The molecule has 1 aliphatic rings. The number of hydrogen-bond acceptors (Lipinski definition) is 6. The summed E-state index contributed by atoms with van der Waals surface area (Å²) in [6, 6.07) is 11.7. The number of nitrogens with zero attached hydrogens (tertiary/aromatic N) is 5. The number of morpholine rings is 1. The lowest BCUT2D eigenvalue weighted by Crippen LogP contribution is -2.43. The Morgan fingerprint density at radius 2 is 2.08 bits per heavy atom. The standard InChI is InChI=1S/C17H19N5O2/c1-2-5-14(6-3-1)17-19-16(20-24-17)13-21-9-10-23-15(11-21)12-22-8-4-7-18-22/h1-8,15H,9-13H2/t15-/m0/s1. The Hall–Kier alpha value is -2.51. The van der Waals surface area contributed by atoms with Gasteiger partial charge in [0.1, 0.15) is 0 Å². The van der Waals surface area contributed by atoms with Gasteiger partial charge in [-0.25, -0.2) is 0 Å². The van der Waals surface area contributed by atoms with Crippen LogP contribution >= 0.6 is 0 Å². The Bertz CT molecular complexity index is 756. The molecule has 0 spiro atoms. The second-order valence-electron chi connectivity index (χ2n) is 5.84. The van der Waals surface area contributed by atoms with Crippen molar-refractivity contribution in [1.82, 2.24) is 24.8 Å². The minimum atomic E-state index is 0.124. The molecule has 1 aliphatic heterocycles. The maximum Gasteiger partial charge on any atom is 0.257 e. The number of ether oxygens (including phenoxy) is 1. The van der Waals surface area contributed by atoms with Crippen LogP contribution in [0.25, 0.3) is 11.5 Å². The second-order valence-corrected chi connectivity index (χ2v) is 5.84. The van der Waals surface area contributed by atoms with Gasteiger partial charge in [0.15, 0.2) is 5.82 Å². The quantitative estimate of drug-likeness (QED) is 0.713. The van der Waals surface area contributed by atoms with Crippen molar-refractivity contribution in [3.8, 4) is 11.5 Å². The zero-order valence-corrected chi connectivity index (χ0v) is 13.3. The van der Waals surface area contributed by atoms with Gasteiger partial charge < -0.3 is 9.26 Å². The van der Waals surface area contributed by atoms with Crippen LogP contribution in [0.5, 0.6) is 0 Å². The fourth-order valence-electron chi connectivity index (χ4n) is 2.87. The number of aromatic nitrogens is 4. The van der Waals surface area contributed by atoms with Gasteiger partial charge in [-0.05, 0) is 18.2 Å². The molecule has 24 heavy (non-hydrogen) atoms. The summed E-state index contributed by atoms with van der Waals surface area (Å²) in [4.78, 5) is 6.79. The molecule has 3 heterocycles. The predicted molar refractivity (Wildman–Crippen MR) is 87.0 cm³/mol. The van der Waals surface area contributed by atoms with E-state index in [1.165, 1.54) is 0 Å². The second kappa shape index (κ2) is 6.94. The van der Waals surface area contributed by atoms with Gasteiger partial charge in [0.05, 0.1) is 25.8 Å². The van der Waals surface area contributed by atoms with Crippen LogP contribution < -0.4 is 0 Å². The molecule has 0 saturated carbocycles. The summed E-state index contributed by atoms with van der Waals surface area (Å²) in [5, 5.41) is 8.34. The highest BCUT2D eigenvalue weighted by atomic mass is 16.5. The topological polar surface area (TPSA) is 69.2 Å². The van der Waals surface area contributed by atoms with Crippen LogP contribution in [-0.2, 0) is 17.8 Å². The Morgan fingerprint density at radius 3 is 2.92 bits per heavy atom. The van der Waals surface area contributed by atoms with Crippen LogP contribution in [0.4, 0.5) is 0 Å². The van der Waals surface area contributed by atoms with Crippen LogP contribution in [0.15, 0.2) is 53.3 Å². The molecule has 3 aromatic rings. The monoisotopic (exact) mass is 325 g/mol. The van der Waals surface area contributed by atoms with Gasteiger partial charge in [0.2, 0.25) is 0 Å². The van der Waals surface area contributed by atoms with E-state index in [0.717, 1.165) is 25.2 Å². The summed E-state index contributed by atoms with van der Waals surface area (Å²) in [5.74, 6) is 1.26. The average Bonchev–Trinajstić information content (AvgIpc) is 3.28. The van der Waals surface area contributed by atoms with E-state index in [-0.39, 0.29) is 6.10 Å². The first-order valence-corrected chi connectivity index (χ1v) is 8.06. The normalized spacial score (nSPS) is 18.8. The van der Waals surface area contributed by atoms with E-state index < -0.39 is 0 Å². The van der Waals surface area contributed by atoms with E-state index in [1.807, 2.05) is 47.3 Å². The third kappa shape index (κ3) is 3.52. The average molecular weight is 325 g/mol. The Labute approximate surface area is 139 Å². The predicted octanol–water partition coefficient (Wildman–Crippen LogP) is 1.83. The van der Waals surface area contributed by atoms with Gasteiger partial charge in [0.25, 0.3) is 5.89 Å². The fraction of sp³-hybridized carbons (Fsp3) is 0.353. The largest absolute Gasteiger partial charge is 0.374 e. The summed E-state index contributed by atoms with van der Waals surface area (Å²) in [5.41, 5.74) is 0.940. The van der Waals surface area contributed by atoms with Crippen LogP contribution in [0.2, 0.25) is 0 Å². The summed E-state index contributed by atoms with van der Waals surface area (Å²) in [7, 11) is 0. The highest BCUT2D eigenvalue weighted by molar-refractivity contribution is 5.51. The molecule has 0 N–H and O–H groups in total. The van der Waals surface area contributed by atoms with Gasteiger partial charge in [0, 0.05) is 31.0 Å². The molecule has 1 aromatic carbocycles. The molecule has 0 bridgehead atoms. The summed E-state index contributed by atoms with van der Waals surface area (Å²) in [6.45, 7) is 3.82.